The van der Waals surface area contributed by atoms with Gasteiger partial charge in [0, 0.05) is 12.1 Å². The molecule has 2 aromatic rings. The smallest absolute Gasteiger partial charge is 0.0960 e. The average molecular weight is 229 g/mol. The summed E-state index contributed by atoms with van der Waals surface area (Å²) >= 11 is 0. The summed E-state index contributed by atoms with van der Waals surface area (Å²) in [6.07, 6.45) is 6.62. The molecule has 1 aromatic carbocycles. The molecule has 1 saturated carbocycles. The molecule has 0 radical (unpaired) electrons. The van der Waals surface area contributed by atoms with Crippen LogP contribution in [-0.4, -0.2) is 15.6 Å². The van der Waals surface area contributed by atoms with E-state index in [4.69, 9.17) is 5.73 Å². The first kappa shape index (κ1) is 10.8. The molecule has 0 unspecified atom stereocenters. The molecule has 1 heterocycles. The summed E-state index contributed by atoms with van der Waals surface area (Å²) < 4.78 is 2.33. The minimum Gasteiger partial charge on any atom is -0.328 e. The Bertz CT molecular complexity index is 521. The third-order valence-corrected chi connectivity index (χ3v) is 3.87. The number of imidazole rings is 1. The van der Waals surface area contributed by atoms with Crippen molar-refractivity contribution >= 4 is 11.0 Å². The molecule has 1 fully saturated rings. The van der Waals surface area contributed by atoms with E-state index < -0.39 is 0 Å². The van der Waals surface area contributed by atoms with E-state index in [0.717, 1.165) is 18.4 Å². The molecule has 0 saturated heterocycles. The highest BCUT2D eigenvalue weighted by molar-refractivity contribution is 5.76. The van der Waals surface area contributed by atoms with E-state index in [-0.39, 0.29) is 0 Å². The fraction of sp³-hybridized carbons (Fsp3) is 0.500. The lowest BCUT2D eigenvalue weighted by atomic mass is 9.91. The molecule has 0 spiro atoms. The van der Waals surface area contributed by atoms with E-state index in [1.54, 1.807) is 0 Å². The van der Waals surface area contributed by atoms with Gasteiger partial charge in [0.05, 0.1) is 17.4 Å². The van der Waals surface area contributed by atoms with Gasteiger partial charge in [-0.15, -0.1) is 0 Å². The van der Waals surface area contributed by atoms with E-state index in [0.29, 0.717) is 12.1 Å². The molecule has 1 aliphatic rings. The quantitative estimate of drug-likeness (QED) is 0.817. The molecular formula is C14H19N3. The number of aryl methyl sites for hydroxylation is 1. The van der Waals surface area contributed by atoms with Crippen LogP contribution in [0.1, 0.15) is 37.3 Å². The van der Waals surface area contributed by atoms with E-state index in [1.165, 1.54) is 23.9 Å². The lowest BCUT2D eigenvalue weighted by Gasteiger charge is -2.27. The van der Waals surface area contributed by atoms with Crippen LogP contribution in [-0.2, 0) is 0 Å². The molecule has 0 bridgehead atoms. The van der Waals surface area contributed by atoms with Crippen LogP contribution in [0.5, 0.6) is 0 Å². The van der Waals surface area contributed by atoms with E-state index >= 15 is 0 Å². The SMILES string of the molecule is Cc1ccc2c(c1)ncn2C1CCC(N)CC1. The second-order valence-electron chi connectivity index (χ2n) is 5.21. The van der Waals surface area contributed by atoms with Crippen LogP contribution in [0.15, 0.2) is 24.5 Å². The maximum atomic E-state index is 5.96. The van der Waals surface area contributed by atoms with Crippen molar-refractivity contribution in [1.82, 2.24) is 9.55 Å². The fourth-order valence-electron chi connectivity index (χ4n) is 2.81. The Hall–Kier alpha value is -1.35. The van der Waals surface area contributed by atoms with Gasteiger partial charge in [0.2, 0.25) is 0 Å². The van der Waals surface area contributed by atoms with Gasteiger partial charge in [-0.3, -0.25) is 0 Å². The van der Waals surface area contributed by atoms with Crippen LogP contribution in [0.4, 0.5) is 0 Å². The molecule has 1 aliphatic carbocycles. The summed E-state index contributed by atoms with van der Waals surface area (Å²) in [5.74, 6) is 0. The minimum atomic E-state index is 0.406. The van der Waals surface area contributed by atoms with Crippen molar-refractivity contribution in [3.63, 3.8) is 0 Å². The van der Waals surface area contributed by atoms with Gasteiger partial charge < -0.3 is 10.3 Å². The molecule has 0 amide bonds. The predicted molar refractivity (Wildman–Crippen MR) is 70.0 cm³/mol. The number of hydrogen-bond acceptors (Lipinski definition) is 2. The highest BCUT2D eigenvalue weighted by Gasteiger charge is 2.20. The summed E-state index contributed by atoms with van der Waals surface area (Å²) in [6, 6.07) is 7.49. The molecule has 3 rings (SSSR count). The zero-order valence-electron chi connectivity index (χ0n) is 10.3. The molecule has 1 aromatic heterocycles. The predicted octanol–water partition coefficient (Wildman–Crippen LogP) is 2.79. The maximum Gasteiger partial charge on any atom is 0.0960 e. The van der Waals surface area contributed by atoms with Crippen LogP contribution >= 0.6 is 0 Å². The van der Waals surface area contributed by atoms with Crippen molar-refractivity contribution in [2.75, 3.05) is 0 Å². The molecule has 3 heteroatoms. The van der Waals surface area contributed by atoms with Crippen LogP contribution in [0, 0.1) is 6.92 Å². The van der Waals surface area contributed by atoms with Crippen molar-refractivity contribution in [3.8, 4) is 0 Å². The van der Waals surface area contributed by atoms with E-state index in [1.807, 2.05) is 6.33 Å². The number of hydrogen-bond donors (Lipinski definition) is 1. The van der Waals surface area contributed by atoms with E-state index in [9.17, 15) is 0 Å². The third-order valence-electron chi connectivity index (χ3n) is 3.87. The Balaban J connectivity index is 1.95. The lowest BCUT2D eigenvalue weighted by molar-refractivity contribution is 0.329. The normalized spacial score (nSPS) is 25.3. The van der Waals surface area contributed by atoms with Gasteiger partial charge in [0.1, 0.15) is 0 Å². The standard InChI is InChI=1S/C14H19N3/c1-10-2-7-14-13(8-10)16-9-17(14)12-5-3-11(15)4-6-12/h2,7-9,11-12H,3-6,15H2,1H3. The summed E-state index contributed by atoms with van der Waals surface area (Å²) in [5.41, 5.74) is 9.60. The van der Waals surface area contributed by atoms with Crippen LogP contribution in [0.3, 0.4) is 0 Å². The number of nitrogens with zero attached hydrogens (tertiary/aromatic N) is 2. The second-order valence-corrected chi connectivity index (χ2v) is 5.21. The largest absolute Gasteiger partial charge is 0.328 e. The van der Waals surface area contributed by atoms with Crippen molar-refractivity contribution < 1.29 is 0 Å². The Morgan fingerprint density at radius 1 is 1.24 bits per heavy atom. The van der Waals surface area contributed by atoms with Crippen LogP contribution in [0.25, 0.3) is 11.0 Å². The molecule has 17 heavy (non-hydrogen) atoms. The van der Waals surface area contributed by atoms with Crippen molar-refractivity contribution in [3.05, 3.63) is 30.1 Å². The number of benzene rings is 1. The molecule has 0 aliphatic heterocycles. The Morgan fingerprint density at radius 2 is 2.00 bits per heavy atom. The number of fused-ring (bicyclic) bond motifs is 1. The lowest BCUT2D eigenvalue weighted by Crippen LogP contribution is -2.27. The summed E-state index contributed by atoms with van der Waals surface area (Å²) in [4.78, 5) is 4.51. The van der Waals surface area contributed by atoms with Gasteiger partial charge in [-0.05, 0) is 50.3 Å². The molecule has 2 N–H and O–H groups in total. The first-order valence-corrected chi connectivity index (χ1v) is 6.43. The topological polar surface area (TPSA) is 43.8 Å². The highest BCUT2D eigenvalue weighted by Crippen LogP contribution is 2.30. The van der Waals surface area contributed by atoms with Gasteiger partial charge in [-0.2, -0.15) is 0 Å². The van der Waals surface area contributed by atoms with Crippen LogP contribution < -0.4 is 5.73 Å². The van der Waals surface area contributed by atoms with E-state index in [2.05, 4.69) is 34.7 Å². The zero-order valence-corrected chi connectivity index (χ0v) is 10.3. The van der Waals surface area contributed by atoms with Crippen molar-refractivity contribution in [2.24, 2.45) is 5.73 Å². The Morgan fingerprint density at radius 3 is 2.76 bits per heavy atom. The number of nitrogens with two attached hydrogens (primary N) is 1. The fourth-order valence-corrected chi connectivity index (χ4v) is 2.81. The maximum absolute atomic E-state index is 5.96. The summed E-state index contributed by atoms with van der Waals surface area (Å²) in [5, 5.41) is 0. The zero-order chi connectivity index (χ0) is 11.8. The van der Waals surface area contributed by atoms with Crippen molar-refractivity contribution in [1.29, 1.82) is 0 Å². The first-order chi connectivity index (χ1) is 8.24. The summed E-state index contributed by atoms with van der Waals surface area (Å²) in [6.45, 7) is 2.11. The second kappa shape index (κ2) is 4.15. The van der Waals surface area contributed by atoms with Gasteiger partial charge in [-0.25, -0.2) is 4.98 Å². The van der Waals surface area contributed by atoms with Crippen molar-refractivity contribution in [2.45, 2.75) is 44.7 Å². The van der Waals surface area contributed by atoms with Crippen LogP contribution in [0.2, 0.25) is 0 Å². The Kier molecular flexibility index (Phi) is 2.63. The molecule has 90 valence electrons. The highest BCUT2D eigenvalue weighted by atomic mass is 15.1. The first-order valence-electron chi connectivity index (χ1n) is 6.43. The monoisotopic (exact) mass is 229 g/mol. The van der Waals surface area contributed by atoms with Gasteiger partial charge >= 0.3 is 0 Å². The Labute approximate surface area is 102 Å². The van der Waals surface area contributed by atoms with Gasteiger partial charge in [0.15, 0.2) is 0 Å². The number of rotatable bonds is 1. The molecule has 0 atom stereocenters. The minimum absolute atomic E-state index is 0.406. The number of aromatic nitrogens is 2. The van der Waals surface area contributed by atoms with Gasteiger partial charge in [-0.1, -0.05) is 6.07 Å². The third kappa shape index (κ3) is 1.95. The molecule has 3 nitrogen and oxygen atoms in total. The summed E-state index contributed by atoms with van der Waals surface area (Å²) in [7, 11) is 0. The van der Waals surface area contributed by atoms with Gasteiger partial charge in [0.25, 0.3) is 0 Å². The average Bonchev–Trinajstić information content (AvgIpc) is 2.73. The molecular weight excluding hydrogens is 210 g/mol.